The number of rotatable bonds is 9. The van der Waals surface area contributed by atoms with E-state index in [1.165, 1.54) is 11.0 Å². The highest BCUT2D eigenvalue weighted by Gasteiger charge is 2.30. The van der Waals surface area contributed by atoms with E-state index in [4.69, 9.17) is 39.5 Å². The average Bonchev–Trinajstić information content (AvgIpc) is 2.82. The Morgan fingerprint density at radius 2 is 1.58 bits per heavy atom. The molecule has 0 bridgehead atoms. The molecule has 0 spiro atoms. The number of nitrogens with one attached hydrogen (secondary N) is 1. The first-order chi connectivity index (χ1) is 15.9. The maximum Gasteiger partial charge on any atom is 0.261 e. The van der Waals surface area contributed by atoms with Crippen molar-refractivity contribution < 1.29 is 14.3 Å². The smallest absolute Gasteiger partial charge is 0.261 e. The molecule has 3 rings (SSSR count). The number of hydrogen-bond acceptors (Lipinski definition) is 3. The Bertz CT molecular complexity index is 1090. The van der Waals surface area contributed by atoms with Crippen LogP contribution in [0.5, 0.6) is 5.75 Å². The monoisotopic (exact) mass is 504 g/mol. The van der Waals surface area contributed by atoms with Crippen molar-refractivity contribution >= 4 is 46.6 Å². The lowest BCUT2D eigenvalue weighted by Crippen LogP contribution is -2.51. The Kier molecular flexibility index (Phi) is 9.01. The van der Waals surface area contributed by atoms with Crippen molar-refractivity contribution in [2.45, 2.75) is 19.0 Å². The first-order valence-corrected chi connectivity index (χ1v) is 11.4. The fourth-order valence-electron chi connectivity index (χ4n) is 3.32. The van der Waals surface area contributed by atoms with Crippen LogP contribution in [0.1, 0.15) is 11.1 Å². The van der Waals surface area contributed by atoms with Gasteiger partial charge in [-0.1, -0.05) is 77.3 Å². The van der Waals surface area contributed by atoms with Gasteiger partial charge in [0, 0.05) is 30.1 Å². The van der Waals surface area contributed by atoms with Gasteiger partial charge in [-0.05, 0) is 41.5 Å². The molecule has 0 aliphatic rings. The molecule has 0 aliphatic heterocycles. The van der Waals surface area contributed by atoms with E-state index in [0.717, 1.165) is 11.1 Å². The SMILES string of the molecule is CNC(=O)[C@@H](Cc1ccccc1)N(Cc1ccc(Cl)cc1)C(=O)COc1ccc(Cl)cc1Cl. The molecule has 3 aromatic carbocycles. The maximum atomic E-state index is 13.3. The third-order valence-corrected chi connectivity index (χ3v) is 5.81. The van der Waals surface area contributed by atoms with Gasteiger partial charge in [0.25, 0.3) is 5.91 Å². The Labute approximate surface area is 208 Å². The van der Waals surface area contributed by atoms with Crippen LogP contribution in [0.15, 0.2) is 72.8 Å². The molecule has 0 saturated heterocycles. The first-order valence-electron chi connectivity index (χ1n) is 10.2. The van der Waals surface area contributed by atoms with Crippen molar-refractivity contribution in [1.29, 1.82) is 0 Å². The third kappa shape index (κ3) is 7.13. The number of likely N-dealkylation sites (N-methyl/N-ethyl adjacent to an activating group) is 1. The molecule has 0 radical (unpaired) electrons. The highest BCUT2D eigenvalue weighted by atomic mass is 35.5. The number of hydrogen-bond donors (Lipinski definition) is 1. The third-order valence-electron chi connectivity index (χ3n) is 5.03. The van der Waals surface area contributed by atoms with Crippen LogP contribution in [0.25, 0.3) is 0 Å². The summed E-state index contributed by atoms with van der Waals surface area (Å²) in [5.41, 5.74) is 1.76. The quantitative estimate of drug-likeness (QED) is 0.423. The predicted octanol–water partition coefficient (Wildman–Crippen LogP) is 5.41. The molecule has 0 aliphatic carbocycles. The van der Waals surface area contributed by atoms with Gasteiger partial charge in [0.05, 0.1) is 5.02 Å². The van der Waals surface area contributed by atoms with E-state index in [0.29, 0.717) is 27.2 Å². The van der Waals surface area contributed by atoms with E-state index in [2.05, 4.69) is 5.32 Å². The summed E-state index contributed by atoms with van der Waals surface area (Å²) in [7, 11) is 1.55. The van der Waals surface area contributed by atoms with E-state index in [-0.39, 0.29) is 25.0 Å². The second-order valence-corrected chi connectivity index (χ2v) is 8.61. The second-order valence-electron chi connectivity index (χ2n) is 7.33. The molecule has 0 aromatic heterocycles. The van der Waals surface area contributed by atoms with E-state index in [1.807, 2.05) is 42.5 Å². The van der Waals surface area contributed by atoms with Crippen LogP contribution >= 0.6 is 34.8 Å². The summed E-state index contributed by atoms with van der Waals surface area (Å²) in [5, 5.41) is 4.02. The Balaban J connectivity index is 1.87. The highest BCUT2D eigenvalue weighted by Crippen LogP contribution is 2.27. The van der Waals surface area contributed by atoms with Crippen LogP contribution in [-0.4, -0.2) is 36.4 Å². The van der Waals surface area contributed by atoms with Gasteiger partial charge in [0.15, 0.2) is 6.61 Å². The number of amides is 2. The summed E-state index contributed by atoms with van der Waals surface area (Å²) in [6.45, 7) is -0.0874. The Hall–Kier alpha value is -2.73. The molecule has 0 saturated carbocycles. The fourth-order valence-corrected chi connectivity index (χ4v) is 3.91. The molecule has 0 fully saturated rings. The zero-order valence-corrected chi connectivity index (χ0v) is 20.2. The summed E-state index contributed by atoms with van der Waals surface area (Å²) < 4.78 is 5.67. The molecule has 172 valence electrons. The lowest BCUT2D eigenvalue weighted by Gasteiger charge is -2.31. The number of ether oxygens (including phenoxy) is 1. The normalized spacial score (nSPS) is 11.5. The van der Waals surface area contributed by atoms with E-state index in [1.54, 1.807) is 31.3 Å². The summed E-state index contributed by atoms with van der Waals surface area (Å²) in [5.74, 6) is -0.299. The van der Waals surface area contributed by atoms with Crippen LogP contribution in [0, 0.1) is 0 Å². The largest absolute Gasteiger partial charge is 0.482 e. The van der Waals surface area contributed by atoms with Gasteiger partial charge < -0.3 is 15.0 Å². The van der Waals surface area contributed by atoms with Crippen molar-refractivity contribution in [2.75, 3.05) is 13.7 Å². The van der Waals surface area contributed by atoms with Crippen molar-refractivity contribution in [1.82, 2.24) is 10.2 Å². The predicted molar refractivity (Wildman–Crippen MR) is 132 cm³/mol. The molecule has 3 aromatic rings. The zero-order chi connectivity index (χ0) is 23.8. The highest BCUT2D eigenvalue weighted by molar-refractivity contribution is 6.35. The standard InChI is InChI=1S/C25H23Cl3N2O3/c1-29-25(32)22(13-17-5-3-2-4-6-17)30(15-18-7-9-19(26)10-8-18)24(31)16-33-23-12-11-20(27)14-21(23)28/h2-12,14,22H,13,15-16H2,1H3,(H,29,32)/t22-/m1/s1. The van der Waals surface area contributed by atoms with Gasteiger partial charge in [0.1, 0.15) is 11.8 Å². The van der Waals surface area contributed by atoms with Gasteiger partial charge in [-0.3, -0.25) is 9.59 Å². The lowest BCUT2D eigenvalue weighted by molar-refractivity contribution is -0.142. The van der Waals surface area contributed by atoms with Crippen LogP contribution in [-0.2, 0) is 22.6 Å². The number of nitrogens with zero attached hydrogens (tertiary/aromatic N) is 1. The molecular weight excluding hydrogens is 483 g/mol. The molecule has 5 nitrogen and oxygen atoms in total. The molecule has 0 heterocycles. The minimum atomic E-state index is -0.745. The van der Waals surface area contributed by atoms with E-state index in [9.17, 15) is 9.59 Å². The van der Waals surface area contributed by atoms with E-state index >= 15 is 0 Å². The first kappa shape index (κ1) is 24.9. The Morgan fingerprint density at radius 1 is 0.909 bits per heavy atom. The molecular formula is C25H23Cl3N2O3. The van der Waals surface area contributed by atoms with Gasteiger partial charge in [-0.25, -0.2) is 0 Å². The number of benzene rings is 3. The molecule has 33 heavy (non-hydrogen) atoms. The van der Waals surface area contributed by atoms with Gasteiger partial charge in [-0.15, -0.1) is 0 Å². The van der Waals surface area contributed by atoms with Crippen molar-refractivity contribution in [3.63, 3.8) is 0 Å². The zero-order valence-electron chi connectivity index (χ0n) is 17.9. The number of carbonyl (C=O) groups is 2. The van der Waals surface area contributed by atoms with E-state index < -0.39 is 6.04 Å². The van der Waals surface area contributed by atoms with Gasteiger partial charge in [-0.2, -0.15) is 0 Å². The minimum Gasteiger partial charge on any atom is -0.482 e. The topological polar surface area (TPSA) is 58.6 Å². The maximum absolute atomic E-state index is 13.3. The van der Waals surface area contributed by atoms with Crippen LogP contribution in [0.3, 0.4) is 0 Å². The van der Waals surface area contributed by atoms with Crippen molar-refractivity contribution in [3.05, 3.63) is 99.0 Å². The average molecular weight is 506 g/mol. The number of carbonyl (C=O) groups excluding carboxylic acids is 2. The van der Waals surface area contributed by atoms with Gasteiger partial charge >= 0.3 is 0 Å². The minimum absolute atomic E-state index is 0.207. The Morgan fingerprint density at radius 3 is 2.21 bits per heavy atom. The summed E-state index contributed by atoms with van der Waals surface area (Å²) in [6.07, 6.45) is 0.349. The van der Waals surface area contributed by atoms with Crippen LogP contribution < -0.4 is 10.1 Å². The van der Waals surface area contributed by atoms with Crippen molar-refractivity contribution in [2.24, 2.45) is 0 Å². The summed E-state index contributed by atoms with van der Waals surface area (Å²) in [4.78, 5) is 27.7. The lowest BCUT2D eigenvalue weighted by atomic mass is 10.0. The van der Waals surface area contributed by atoms with Gasteiger partial charge in [0.2, 0.25) is 5.91 Å². The summed E-state index contributed by atoms with van der Waals surface area (Å²) >= 11 is 18.1. The molecule has 0 unspecified atom stereocenters. The number of halogens is 3. The van der Waals surface area contributed by atoms with Crippen molar-refractivity contribution in [3.8, 4) is 5.75 Å². The second kappa shape index (κ2) is 11.9. The molecule has 2 amide bonds. The van der Waals surface area contributed by atoms with Crippen LogP contribution in [0.4, 0.5) is 0 Å². The molecule has 1 N–H and O–H groups in total. The summed E-state index contributed by atoms with van der Waals surface area (Å²) in [6, 6.07) is 20.7. The molecule has 8 heteroatoms. The van der Waals surface area contributed by atoms with Crippen LogP contribution in [0.2, 0.25) is 15.1 Å². The fraction of sp³-hybridized carbons (Fsp3) is 0.200. The molecule has 1 atom stereocenters.